The van der Waals surface area contributed by atoms with Gasteiger partial charge >= 0.3 is 0 Å². The molecule has 2 N–H and O–H groups in total. The summed E-state index contributed by atoms with van der Waals surface area (Å²) in [4.78, 5) is 0. The zero-order valence-corrected chi connectivity index (χ0v) is 12.8. The van der Waals surface area contributed by atoms with Gasteiger partial charge in [0.1, 0.15) is 0 Å². The van der Waals surface area contributed by atoms with Gasteiger partial charge in [-0.05, 0) is 36.5 Å². The highest BCUT2D eigenvalue weighted by Gasteiger charge is 2.18. The maximum Gasteiger partial charge on any atom is 0.0643 e. The number of hydrogen-bond acceptors (Lipinski definition) is 2. The molecule has 1 saturated carbocycles. The summed E-state index contributed by atoms with van der Waals surface area (Å²) in [5.41, 5.74) is 10.1. The van der Waals surface area contributed by atoms with Gasteiger partial charge in [0.25, 0.3) is 0 Å². The van der Waals surface area contributed by atoms with E-state index in [0.717, 1.165) is 18.5 Å². The van der Waals surface area contributed by atoms with Gasteiger partial charge in [-0.25, -0.2) is 0 Å². The molecule has 1 aliphatic rings. The van der Waals surface area contributed by atoms with E-state index < -0.39 is 0 Å². The van der Waals surface area contributed by atoms with Gasteiger partial charge in [0.15, 0.2) is 0 Å². The van der Waals surface area contributed by atoms with E-state index in [-0.39, 0.29) is 6.04 Å². The summed E-state index contributed by atoms with van der Waals surface area (Å²) in [6.45, 7) is 2.18. The molecule has 1 aromatic heterocycles. The fourth-order valence-corrected chi connectivity index (χ4v) is 3.41. The van der Waals surface area contributed by atoms with Crippen LogP contribution in [0.2, 0.25) is 0 Å². The molecule has 0 amide bonds. The van der Waals surface area contributed by atoms with Crippen molar-refractivity contribution in [2.45, 2.75) is 57.5 Å². The molecule has 3 rings (SSSR count). The Hall–Kier alpha value is -1.61. The molecule has 112 valence electrons. The maximum atomic E-state index is 6.42. The lowest BCUT2D eigenvalue weighted by Gasteiger charge is -2.15. The Morgan fingerprint density at radius 3 is 2.76 bits per heavy atom. The zero-order chi connectivity index (χ0) is 14.7. The van der Waals surface area contributed by atoms with Crippen LogP contribution >= 0.6 is 0 Å². The lowest BCUT2D eigenvalue weighted by atomic mass is 9.96. The van der Waals surface area contributed by atoms with Crippen molar-refractivity contribution >= 4 is 0 Å². The first kappa shape index (κ1) is 14.3. The van der Waals surface area contributed by atoms with Crippen LogP contribution in [0.1, 0.15) is 61.5 Å². The van der Waals surface area contributed by atoms with Crippen LogP contribution in [0, 0.1) is 0 Å². The van der Waals surface area contributed by atoms with Crippen LogP contribution in [0.3, 0.4) is 0 Å². The van der Waals surface area contributed by atoms with Gasteiger partial charge < -0.3 is 5.73 Å². The molecule has 2 aromatic rings. The summed E-state index contributed by atoms with van der Waals surface area (Å²) in [5, 5.41) is 4.75. The highest BCUT2D eigenvalue weighted by molar-refractivity contribution is 5.30. The van der Waals surface area contributed by atoms with Crippen molar-refractivity contribution in [3.05, 3.63) is 53.3 Å². The van der Waals surface area contributed by atoms with E-state index in [1.165, 1.54) is 36.8 Å². The summed E-state index contributed by atoms with van der Waals surface area (Å²) < 4.78 is 2.15. The molecule has 1 aliphatic carbocycles. The van der Waals surface area contributed by atoms with Gasteiger partial charge in [0.2, 0.25) is 0 Å². The van der Waals surface area contributed by atoms with Crippen LogP contribution in [0.5, 0.6) is 0 Å². The predicted octanol–water partition coefficient (Wildman–Crippen LogP) is 3.80. The van der Waals surface area contributed by atoms with Crippen LogP contribution in [0.25, 0.3) is 0 Å². The molecule has 21 heavy (non-hydrogen) atoms. The highest BCUT2D eigenvalue weighted by atomic mass is 15.3. The standard InChI is InChI=1S/C18H25N3/c1-2-14-7-3-6-10-17(14)18(19)13-15-11-12-21(20-15)16-8-4-5-9-16/h3,6-7,10-12,16,18H,2,4-5,8-9,13,19H2,1H3. The fourth-order valence-electron chi connectivity index (χ4n) is 3.41. The molecule has 3 heteroatoms. The average Bonchev–Trinajstić information content (AvgIpc) is 3.17. The number of aromatic nitrogens is 2. The lowest BCUT2D eigenvalue weighted by molar-refractivity contribution is 0.461. The van der Waals surface area contributed by atoms with Crippen molar-refractivity contribution in [1.29, 1.82) is 0 Å². The largest absolute Gasteiger partial charge is 0.324 e. The van der Waals surface area contributed by atoms with Gasteiger partial charge in [0.05, 0.1) is 11.7 Å². The fraction of sp³-hybridized carbons (Fsp3) is 0.500. The molecule has 0 radical (unpaired) electrons. The van der Waals surface area contributed by atoms with Gasteiger partial charge in [0, 0.05) is 18.7 Å². The van der Waals surface area contributed by atoms with Gasteiger partial charge in [-0.3, -0.25) is 4.68 Å². The molecule has 0 spiro atoms. The summed E-state index contributed by atoms with van der Waals surface area (Å²) in [6, 6.07) is 11.3. The maximum absolute atomic E-state index is 6.42. The molecule has 3 nitrogen and oxygen atoms in total. The molecule has 1 aromatic carbocycles. The normalized spacial score (nSPS) is 17.2. The predicted molar refractivity (Wildman–Crippen MR) is 86.2 cm³/mol. The van der Waals surface area contributed by atoms with E-state index >= 15 is 0 Å². The average molecular weight is 283 g/mol. The molecule has 1 unspecified atom stereocenters. The Bertz CT molecular complexity index is 582. The zero-order valence-electron chi connectivity index (χ0n) is 12.8. The highest BCUT2D eigenvalue weighted by Crippen LogP contribution is 2.29. The summed E-state index contributed by atoms with van der Waals surface area (Å²) in [7, 11) is 0. The minimum Gasteiger partial charge on any atom is -0.324 e. The molecule has 0 saturated heterocycles. The summed E-state index contributed by atoms with van der Waals surface area (Å²) >= 11 is 0. The SMILES string of the molecule is CCc1ccccc1C(N)Cc1ccn(C2CCCC2)n1. The number of nitrogens with zero attached hydrogens (tertiary/aromatic N) is 2. The minimum atomic E-state index is 0.0353. The Balaban J connectivity index is 1.71. The van der Waals surface area contributed by atoms with Crippen LogP contribution in [-0.2, 0) is 12.8 Å². The second-order valence-corrected chi connectivity index (χ2v) is 6.09. The van der Waals surface area contributed by atoms with Crippen molar-refractivity contribution in [3.63, 3.8) is 0 Å². The molecule has 0 bridgehead atoms. The molecule has 0 aliphatic heterocycles. The molecule has 1 heterocycles. The molecule has 1 atom stereocenters. The van der Waals surface area contributed by atoms with Crippen LogP contribution in [0.4, 0.5) is 0 Å². The molecular formula is C18H25N3. The minimum absolute atomic E-state index is 0.0353. The second kappa shape index (κ2) is 6.44. The molecular weight excluding hydrogens is 258 g/mol. The Morgan fingerprint density at radius 2 is 2.00 bits per heavy atom. The first-order valence-corrected chi connectivity index (χ1v) is 8.15. The van der Waals surface area contributed by atoms with Crippen molar-refractivity contribution in [3.8, 4) is 0 Å². The lowest BCUT2D eigenvalue weighted by Crippen LogP contribution is -2.16. The first-order valence-electron chi connectivity index (χ1n) is 8.15. The Kier molecular flexibility index (Phi) is 4.39. The van der Waals surface area contributed by atoms with Gasteiger partial charge in [-0.2, -0.15) is 5.10 Å². The van der Waals surface area contributed by atoms with Crippen molar-refractivity contribution in [2.75, 3.05) is 0 Å². The topological polar surface area (TPSA) is 43.8 Å². The van der Waals surface area contributed by atoms with E-state index in [9.17, 15) is 0 Å². The van der Waals surface area contributed by atoms with Gasteiger partial charge in [-0.15, -0.1) is 0 Å². The van der Waals surface area contributed by atoms with E-state index in [1.54, 1.807) is 0 Å². The van der Waals surface area contributed by atoms with E-state index in [2.05, 4.69) is 48.1 Å². The number of aryl methyl sites for hydroxylation is 1. The number of benzene rings is 1. The smallest absolute Gasteiger partial charge is 0.0643 e. The first-order chi connectivity index (χ1) is 10.3. The summed E-state index contributed by atoms with van der Waals surface area (Å²) in [6.07, 6.45) is 9.19. The quantitative estimate of drug-likeness (QED) is 0.907. The third kappa shape index (κ3) is 3.18. The third-order valence-corrected chi connectivity index (χ3v) is 4.63. The summed E-state index contributed by atoms with van der Waals surface area (Å²) in [5.74, 6) is 0. The van der Waals surface area contributed by atoms with Crippen LogP contribution in [0.15, 0.2) is 36.5 Å². The number of hydrogen-bond donors (Lipinski definition) is 1. The van der Waals surface area contributed by atoms with E-state index in [0.29, 0.717) is 6.04 Å². The molecule has 1 fully saturated rings. The van der Waals surface area contributed by atoms with Crippen molar-refractivity contribution in [1.82, 2.24) is 9.78 Å². The third-order valence-electron chi connectivity index (χ3n) is 4.63. The van der Waals surface area contributed by atoms with Gasteiger partial charge in [-0.1, -0.05) is 44.0 Å². The van der Waals surface area contributed by atoms with Crippen molar-refractivity contribution in [2.24, 2.45) is 5.73 Å². The van der Waals surface area contributed by atoms with Crippen LogP contribution < -0.4 is 5.73 Å². The van der Waals surface area contributed by atoms with E-state index in [1.807, 2.05) is 0 Å². The number of rotatable bonds is 5. The second-order valence-electron chi connectivity index (χ2n) is 6.09. The van der Waals surface area contributed by atoms with Crippen LogP contribution in [-0.4, -0.2) is 9.78 Å². The Labute approximate surface area is 127 Å². The van der Waals surface area contributed by atoms with E-state index in [4.69, 9.17) is 10.8 Å². The Morgan fingerprint density at radius 1 is 1.24 bits per heavy atom. The number of nitrogens with two attached hydrogens (primary N) is 1. The monoisotopic (exact) mass is 283 g/mol. The van der Waals surface area contributed by atoms with Crippen molar-refractivity contribution < 1.29 is 0 Å².